The number of aromatic nitrogens is 5. The van der Waals surface area contributed by atoms with Gasteiger partial charge in [-0.1, -0.05) is 18.2 Å². The normalized spacial score (nSPS) is 13.1. The van der Waals surface area contributed by atoms with Gasteiger partial charge in [-0.3, -0.25) is 0 Å². The van der Waals surface area contributed by atoms with Crippen LogP contribution in [0.4, 0.5) is 35.2 Å². The monoisotopic (exact) mass is 546 g/mol. The van der Waals surface area contributed by atoms with Crippen molar-refractivity contribution in [2.24, 2.45) is 0 Å². The molecule has 0 saturated carbocycles. The molecule has 3 aromatic heterocycles. The number of fused-ring (bicyclic) bond motifs is 1. The lowest BCUT2D eigenvalue weighted by atomic mass is 10.1. The molecule has 0 unspecified atom stereocenters. The van der Waals surface area contributed by atoms with Gasteiger partial charge in [-0.15, -0.1) is 0 Å². The molecule has 4 heterocycles. The molecule has 10 nitrogen and oxygen atoms in total. The Hall–Kier alpha value is -5.20. The average Bonchev–Trinajstić information content (AvgIpc) is 3.32. The summed E-state index contributed by atoms with van der Waals surface area (Å²) in [5.41, 5.74) is 1.93. The van der Waals surface area contributed by atoms with Crippen molar-refractivity contribution in [3.8, 4) is 22.9 Å². The van der Waals surface area contributed by atoms with Gasteiger partial charge in [0.1, 0.15) is 11.6 Å². The number of urea groups is 1. The highest BCUT2D eigenvalue weighted by atomic mass is 19.4. The molecular formula is C27H21F3N8O2. The van der Waals surface area contributed by atoms with E-state index in [-0.39, 0.29) is 17.4 Å². The first-order valence-corrected chi connectivity index (χ1v) is 12.3. The molecule has 2 amide bonds. The van der Waals surface area contributed by atoms with Crippen LogP contribution in [0.1, 0.15) is 12.0 Å². The Morgan fingerprint density at radius 2 is 1.68 bits per heavy atom. The highest BCUT2D eigenvalue weighted by molar-refractivity contribution is 5.99. The van der Waals surface area contributed by atoms with E-state index in [9.17, 15) is 18.0 Å². The predicted octanol–water partition coefficient (Wildman–Crippen LogP) is 5.85. The molecule has 1 saturated heterocycles. The van der Waals surface area contributed by atoms with Crippen LogP contribution in [0.2, 0.25) is 0 Å². The lowest BCUT2D eigenvalue weighted by Crippen LogP contribution is -2.37. The number of carbonyl (C=O) groups excluding carboxylic acids is 1. The summed E-state index contributed by atoms with van der Waals surface area (Å²) in [6.45, 7) is 2.01. The van der Waals surface area contributed by atoms with Crippen LogP contribution in [0.25, 0.3) is 16.8 Å². The van der Waals surface area contributed by atoms with Gasteiger partial charge in [0.25, 0.3) is 0 Å². The Balaban J connectivity index is 1.08. The minimum atomic E-state index is -4.51. The van der Waals surface area contributed by atoms with E-state index in [1.54, 1.807) is 22.8 Å². The van der Waals surface area contributed by atoms with Gasteiger partial charge in [0.05, 0.1) is 29.8 Å². The minimum Gasteiger partial charge on any atom is -0.424 e. The predicted molar refractivity (Wildman–Crippen MR) is 141 cm³/mol. The molecule has 1 aliphatic heterocycles. The molecule has 2 N–H and O–H groups in total. The Labute approximate surface area is 225 Å². The van der Waals surface area contributed by atoms with Crippen molar-refractivity contribution >= 4 is 28.9 Å². The van der Waals surface area contributed by atoms with Crippen molar-refractivity contribution in [2.45, 2.75) is 12.6 Å². The van der Waals surface area contributed by atoms with Gasteiger partial charge in [-0.25, -0.2) is 24.3 Å². The third kappa shape index (κ3) is 5.34. The lowest BCUT2D eigenvalue weighted by molar-refractivity contribution is -0.137. The summed E-state index contributed by atoms with van der Waals surface area (Å²) in [6, 6.07) is 12.9. The highest BCUT2D eigenvalue weighted by Gasteiger charge is 2.30. The quantitative estimate of drug-likeness (QED) is 0.275. The number of anilines is 3. The molecule has 40 heavy (non-hydrogen) atoms. The maximum atomic E-state index is 12.9. The van der Waals surface area contributed by atoms with Crippen molar-refractivity contribution in [2.75, 3.05) is 28.6 Å². The van der Waals surface area contributed by atoms with Gasteiger partial charge in [0.15, 0.2) is 5.65 Å². The molecule has 13 heteroatoms. The van der Waals surface area contributed by atoms with Crippen LogP contribution in [-0.4, -0.2) is 43.7 Å². The van der Waals surface area contributed by atoms with Crippen LogP contribution in [0.5, 0.6) is 11.8 Å². The second-order valence-corrected chi connectivity index (χ2v) is 8.99. The fourth-order valence-electron chi connectivity index (χ4n) is 4.09. The standard InChI is InChI=1S/C27H21F3N8O2/c28-27(29,30)18-3-1-4-19(13-18)34-25(39)35-20-14-31-26(32-15-20)40-21-7-5-17(6-8-21)22-16-33-38-12-9-23(36-24(22)38)37-10-2-11-37/h1,3-9,12-16H,2,10-11H2,(H2,34,35,39). The zero-order valence-corrected chi connectivity index (χ0v) is 20.8. The summed E-state index contributed by atoms with van der Waals surface area (Å²) >= 11 is 0. The number of nitrogens with one attached hydrogen (secondary N) is 2. The molecule has 6 rings (SSSR count). The number of halogens is 3. The number of nitrogens with zero attached hydrogens (tertiary/aromatic N) is 6. The molecule has 0 atom stereocenters. The summed E-state index contributed by atoms with van der Waals surface area (Å²) < 4.78 is 46.1. The van der Waals surface area contributed by atoms with Crippen molar-refractivity contribution in [1.82, 2.24) is 24.6 Å². The minimum absolute atomic E-state index is 0.00636. The number of hydrogen-bond donors (Lipinski definition) is 2. The zero-order valence-electron chi connectivity index (χ0n) is 20.8. The molecule has 2 aromatic carbocycles. The van der Waals surface area contributed by atoms with E-state index in [4.69, 9.17) is 9.72 Å². The van der Waals surface area contributed by atoms with Crippen molar-refractivity contribution < 1.29 is 22.7 Å². The average molecular weight is 547 g/mol. The Morgan fingerprint density at radius 3 is 2.38 bits per heavy atom. The summed E-state index contributed by atoms with van der Waals surface area (Å²) in [4.78, 5) is 27.4. The van der Waals surface area contributed by atoms with Crippen molar-refractivity contribution in [3.05, 3.63) is 84.9 Å². The molecule has 1 aliphatic rings. The van der Waals surface area contributed by atoms with Gasteiger partial charge in [0.2, 0.25) is 0 Å². The number of alkyl halides is 3. The second kappa shape index (κ2) is 10.2. The molecule has 1 fully saturated rings. The Bertz CT molecular complexity index is 1670. The van der Waals surface area contributed by atoms with Gasteiger partial charge in [0, 0.05) is 30.5 Å². The third-order valence-corrected chi connectivity index (χ3v) is 6.24. The van der Waals surface area contributed by atoms with E-state index in [2.05, 4.69) is 30.6 Å². The van der Waals surface area contributed by atoms with Gasteiger partial charge < -0.3 is 20.3 Å². The number of carbonyl (C=O) groups is 1. The summed E-state index contributed by atoms with van der Waals surface area (Å²) in [6.07, 6.45) is 2.98. The summed E-state index contributed by atoms with van der Waals surface area (Å²) in [5, 5.41) is 9.22. The first-order valence-electron chi connectivity index (χ1n) is 12.3. The van der Waals surface area contributed by atoms with Crippen molar-refractivity contribution in [1.29, 1.82) is 0 Å². The first-order chi connectivity index (χ1) is 19.3. The molecule has 0 spiro atoms. The second-order valence-electron chi connectivity index (χ2n) is 8.99. The molecule has 0 aliphatic carbocycles. The molecule has 202 valence electrons. The van der Waals surface area contributed by atoms with Crippen LogP contribution < -0.4 is 20.3 Å². The Kier molecular flexibility index (Phi) is 6.38. The van der Waals surface area contributed by atoms with Crippen LogP contribution in [0.3, 0.4) is 0 Å². The van der Waals surface area contributed by atoms with Crippen molar-refractivity contribution in [3.63, 3.8) is 0 Å². The maximum Gasteiger partial charge on any atom is 0.416 e. The fraction of sp³-hybridized carbons (Fsp3) is 0.148. The fourth-order valence-corrected chi connectivity index (χ4v) is 4.09. The van der Waals surface area contributed by atoms with Gasteiger partial charge >= 0.3 is 18.2 Å². The number of amides is 2. The van der Waals surface area contributed by atoms with Crippen LogP contribution in [-0.2, 0) is 6.18 Å². The zero-order chi connectivity index (χ0) is 27.7. The third-order valence-electron chi connectivity index (χ3n) is 6.24. The number of hydrogen-bond acceptors (Lipinski definition) is 7. The maximum absolute atomic E-state index is 12.9. The summed E-state index contributed by atoms with van der Waals surface area (Å²) in [5.74, 6) is 1.43. The smallest absolute Gasteiger partial charge is 0.416 e. The van der Waals surface area contributed by atoms with E-state index in [1.165, 1.54) is 30.9 Å². The topological polar surface area (TPSA) is 110 Å². The van der Waals surface area contributed by atoms with Crippen LogP contribution in [0.15, 0.2) is 79.4 Å². The van der Waals surface area contributed by atoms with E-state index in [1.807, 2.05) is 24.4 Å². The molecule has 5 aromatic rings. The number of rotatable bonds is 6. The first kappa shape index (κ1) is 25.1. The Morgan fingerprint density at radius 1 is 0.925 bits per heavy atom. The number of ether oxygens (including phenoxy) is 1. The van der Waals surface area contributed by atoms with E-state index >= 15 is 0 Å². The largest absolute Gasteiger partial charge is 0.424 e. The van der Waals surface area contributed by atoms with E-state index in [0.29, 0.717) is 5.75 Å². The van der Waals surface area contributed by atoms with E-state index < -0.39 is 17.8 Å². The van der Waals surface area contributed by atoms with Gasteiger partial charge in [-0.2, -0.15) is 18.3 Å². The molecular weight excluding hydrogens is 525 g/mol. The summed E-state index contributed by atoms with van der Waals surface area (Å²) in [7, 11) is 0. The highest BCUT2D eigenvalue weighted by Crippen LogP contribution is 2.31. The van der Waals surface area contributed by atoms with Gasteiger partial charge in [-0.05, 0) is 48.4 Å². The van der Waals surface area contributed by atoms with Crippen LogP contribution in [0, 0.1) is 0 Å². The number of benzene rings is 2. The van der Waals surface area contributed by atoms with Crippen LogP contribution >= 0.6 is 0 Å². The van der Waals surface area contributed by atoms with E-state index in [0.717, 1.165) is 47.8 Å². The SMILES string of the molecule is O=C(Nc1cnc(Oc2ccc(-c3cnn4ccc(N5CCC5)nc34)cc2)nc1)Nc1cccc(C(F)(F)F)c1. The molecule has 0 bridgehead atoms. The molecule has 0 radical (unpaired) electrons. The lowest BCUT2D eigenvalue weighted by Gasteiger charge is -2.31.